The summed E-state index contributed by atoms with van der Waals surface area (Å²) in [6, 6.07) is 0. The third kappa shape index (κ3) is 6.76. The first-order valence-electron chi connectivity index (χ1n) is 5.17. The van der Waals surface area contributed by atoms with Gasteiger partial charge in [0.15, 0.2) is 0 Å². The molecule has 0 rings (SSSR count). The van der Waals surface area contributed by atoms with Crippen molar-refractivity contribution in [3.63, 3.8) is 0 Å². The molecule has 0 aliphatic carbocycles. The Balaban J connectivity index is 3.90. The lowest BCUT2D eigenvalue weighted by atomic mass is 10.0. The molecule has 0 aromatic rings. The first kappa shape index (κ1) is 15.3. The van der Waals surface area contributed by atoms with Crippen LogP contribution in [0.15, 0.2) is 0 Å². The van der Waals surface area contributed by atoms with E-state index in [1.165, 1.54) is 0 Å². The van der Waals surface area contributed by atoms with E-state index in [4.69, 9.17) is 0 Å². The Hall–Kier alpha value is -0.660. The molecule has 0 aliphatic rings. The Morgan fingerprint density at radius 1 is 1.25 bits per heavy atom. The zero-order valence-corrected chi connectivity index (χ0v) is 11.1. The third-order valence-corrected chi connectivity index (χ3v) is 2.69. The third-order valence-electron chi connectivity index (χ3n) is 1.96. The number of likely N-dealkylation sites (N-methyl/N-ethyl adjacent to an activating group) is 1. The van der Waals surface area contributed by atoms with Crippen LogP contribution in [-0.4, -0.2) is 45.8 Å². The van der Waals surface area contributed by atoms with Gasteiger partial charge in [0, 0.05) is 13.1 Å². The molecule has 0 spiro atoms. The molecular weight excluding hydrogens is 230 g/mol. The van der Waals surface area contributed by atoms with Gasteiger partial charge in [0.2, 0.25) is 15.9 Å². The molecule has 3 N–H and O–H groups in total. The summed E-state index contributed by atoms with van der Waals surface area (Å²) in [7, 11) is -3.18. The predicted molar refractivity (Wildman–Crippen MR) is 63.6 cm³/mol. The number of amides is 1. The first-order valence-corrected chi connectivity index (χ1v) is 7.06. The summed E-state index contributed by atoms with van der Waals surface area (Å²) < 4.78 is 23.8. The van der Waals surface area contributed by atoms with Crippen molar-refractivity contribution in [2.24, 2.45) is 0 Å². The van der Waals surface area contributed by atoms with Crippen molar-refractivity contribution in [2.45, 2.75) is 26.3 Å². The van der Waals surface area contributed by atoms with E-state index >= 15 is 0 Å². The Labute approximate surface area is 97.2 Å². The molecule has 0 heterocycles. The van der Waals surface area contributed by atoms with Gasteiger partial charge in [0.1, 0.15) is 0 Å². The number of nitrogens with one attached hydrogen (secondary N) is 3. The second kappa shape index (κ2) is 6.17. The number of rotatable bonds is 7. The fourth-order valence-electron chi connectivity index (χ4n) is 1.16. The number of carbonyl (C=O) groups is 1. The summed E-state index contributed by atoms with van der Waals surface area (Å²) in [6.45, 7) is 6.64. The van der Waals surface area contributed by atoms with Crippen LogP contribution in [0.3, 0.4) is 0 Å². The van der Waals surface area contributed by atoms with E-state index in [1.807, 2.05) is 6.92 Å². The van der Waals surface area contributed by atoms with E-state index in [0.29, 0.717) is 6.54 Å². The Kier molecular flexibility index (Phi) is 5.91. The SMILES string of the molecule is CCNC(C)(C)C(=O)NCCNS(C)(=O)=O. The lowest BCUT2D eigenvalue weighted by molar-refractivity contribution is -0.126. The molecule has 0 bridgehead atoms. The van der Waals surface area contributed by atoms with E-state index in [-0.39, 0.29) is 19.0 Å². The average Bonchev–Trinajstić information content (AvgIpc) is 2.10. The van der Waals surface area contributed by atoms with Gasteiger partial charge in [-0.1, -0.05) is 6.92 Å². The highest BCUT2D eigenvalue weighted by molar-refractivity contribution is 7.88. The van der Waals surface area contributed by atoms with Crippen LogP contribution in [0.25, 0.3) is 0 Å². The summed E-state index contributed by atoms with van der Waals surface area (Å²) in [4.78, 5) is 11.6. The molecule has 7 heteroatoms. The molecule has 16 heavy (non-hydrogen) atoms. The second-order valence-corrected chi connectivity index (χ2v) is 5.91. The number of hydrogen-bond acceptors (Lipinski definition) is 4. The fraction of sp³-hybridized carbons (Fsp3) is 0.889. The summed E-state index contributed by atoms with van der Waals surface area (Å²) in [6.07, 6.45) is 1.08. The van der Waals surface area contributed by atoms with Crippen molar-refractivity contribution in [1.29, 1.82) is 0 Å². The Morgan fingerprint density at radius 2 is 1.81 bits per heavy atom. The van der Waals surface area contributed by atoms with E-state index < -0.39 is 15.6 Å². The van der Waals surface area contributed by atoms with Crippen LogP contribution in [0.1, 0.15) is 20.8 Å². The molecule has 96 valence electrons. The minimum atomic E-state index is -3.18. The van der Waals surface area contributed by atoms with Crippen LogP contribution < -0.4 is 15.4 Å². The topological polar surface area (TPSA) is 87.3 Å². The van der Waals surface area contributed by atoms with Gasteiger partial charge in [-0.15, -0.1) is 0 Å². The molecule has 1 amide bonds. The molecule has 0 atom stereocenters. The highest BCUT2D eigenvalue weighted by Gasteiger charge is 2.25. The normalized spacial score (nSPS) is 12.5. The summed E-state index contributed by atoms with van der Waals surface area (Å²) in [5.74, 6) is -0.148. The highest BCUT2D eigenvalue weighted by Crippen LogP contribution is 2.00. The van der Waals surface area contributed by atoms with E-state index in [1.54, 1.807) is 13.8 Å². The molecule has 6 nitrogen and oxygen atoms in total. The van der Waals surface area contributed by atoms with Crippen LogP contribution >= 0.6 is 0 Å². The van der Waals surface area contributed by atoms with E-state index in [0.717, 1.165) is 6.26 Å². The first-order chi connectivity index (χ1) is 7.19. The second-order valence-electron chi connectivity index (χ2n) is 4.08. The molecular formula is C9H21N3O3S. The molecule has 0 aromatic heterocycles. The average molecular weight is 251 g/mol. The smallest absolute Gasteiger partial charge is 0.239 e. The van der Waals surface area contributed by atoms with Crippen molar-refractivity contribution < 1.29 is 13.2 Å². The van der Waals surface area contributed by atoms with Gasteiger partial charge in [-0.25, -0.2) is 13.1 Å². The van der Waals surface area contributed by atoms with Gasteiger partial charge in [0.25, 0.3) is 0 Å². The summed E-state index contributed by atoms with van der Waals surface area (Å²) in [5.41, 5.74) is -0.639. The van der Waals surface area contributed by atoms with Crippen LogP contribution in [-0.2, 0) is 14.8 Å². The van der Waals surface area contributed by atoms with E-state index in [2.05, 4.69) is 15.4 Å². The molecule has 0 unspecified atom stereocenters. The number of hydrogen-bond donors (Lipinski definition) is 3. The fourth-order valence-corrected chi connectivity index (χ4v) is 1.63. The lowest BCUT2D eigenvalue weighted by Crippen LogP contribution is -2.53. The zero-order valence-electron chi connectivity index (χ0n) is 10.3. The van der Waals surface area contributed by atoms with Gasteiger partial charge in [-0.2, -0.15) is 0 Å². The molecule has 0 aliphatic heterocycles. The van der Waals surface area contributed by atoms with Gasteiger partial charge in [-0.3, -0.25) is 4.79 Å². The summed E-state index contributed by atoms with van der Waals surface area (Å²) in [5, 5.41) is 5.68. The van der Waals surface area contributed by atoms with Crippen molar-refractivity contribution >= 4 is 15.9 Å². The predicted octanol–water partition coefficient (Wildman–Crippen LogP) is -0.960. The van der Waals surface area contributed by atoms with E-state index in [9.17, 15) is 13.2 Å². The monoisotopic (exact) mass is 251 g/mol. The zero-order chi connectivity index (χ0) is 12.8. The van der Waals surface area contributed by atoms with Crippen molar-refractivity contribution in [3.8, 4) is 0 Å². The minimum absolute atomic E-state index is 0.148. The van der Waals surface area contributed by atoms with Gasteiger partial charge < -0.3 is 10.6 Å². The minimum Gasteiger partial charge on any atom is -0.353 e. The Bertz CT molecular complexity index is 325. The molecule has 0 radical (unpaired) electrons. The van der Waals surface area contributed by atoms with Crippen molar-refractivity contribution in [3.05, 3.63) is 0 Å². The number of sulfonamides is 1. The summed E-state index contributed by atoms with van der Waals surface area (Å²) >= 11 is 0. The van der Waals surface area contributed by atoms with Crippen LogP contribution in [0.2, 0.25) is 0 Å². The molecule has 0 fully saturated rings. The van der Waals surface area contributed by atoms with Crippen LogP contribution in [0.4, 0.5) is 0 Å². The van der Waals surface area contributed by atoms with Crippen molar-refractivity contribution in [1.82, 2.24) is 15.4 Å². The molecule has 0 saturated carbocycles. The molecule has 0 aromatic carbocycles. The van der Waals surface area contributed by atoms with Crippen LogP contribution in [0.5, 0.6) is 0 Å². The standard InChI is InChI=1S/C9H21N3O3S/c1-5-11-9(2,3)8(13)10-6-7-12-16(4,14)15/h11-12H,5-7H2,1-4H3,(H,10,13). The lowest BCUT2D eigenvalue weighted by Gasteiger charge is -2.24. The maximum Gasteiger partial charge on any atom is 0.239 e. The maximum atomic E-state index is 11.6. The maximum absolute atomic E-state index is 11.6. The highest BCUT2D eigenvalue weighted by atomic mass is 32.2. The number of carbonyl (C=O) groups excluding carboxylic acids is 1. The largest absolute Gasteiger partial charge is 0.353 e. The van der Waals surface area contributed by atoms with Crippen molar-refractivity contribution in [2.75, 3.05) is 25.9 Å². The van der Waals surface area contributed by atoms with Gasteiger partial charge in [-0.05, 0) is 20.4 Å². The molecule has 0 saturated heterocycles. The Morgan fingerprint density at radius 3 is 2.25 bits per heavy atom. The van der Waals surface area contributed by atoms with Gasteiger partial charge >= 0.3 is 0 Å². The van der Waals surface area contributed by atoms with Gasteiger partial charge in [0.05, 0.1) is 11.8 Å². The van der Waals surface area contributed by atoms with Crippen LogP contribution in [0, 0.1) is 0 Å². The quantitative estimate of drug-likeness (QED) is 0.509.